The fourth-order valence-electron chi connectivity index (χ4n) is 3.55. The number of hydrogen-bond donors (Lipinski definition) is 0. The number of aromatic nitrogens is 4. The number of nitrogens with zero attached hydrogens (tertiary/aromatic N) is 5. The van der Waals surface area contributed by atoms with E-state index in [0.717, 1.165) is 36.4 Å². The van der Waals surface area contributed by atoms with E-state index in [1.165, 1.54) is 30.2 Å². The van der Waals surface area contributed by atoms with E-state index >= 15 is 0 Å². The topological polar surface area (TPSA) is 56.1 Å². The number of methoxy groups -OCH3 is 1. The first-order valence-electron chi connectivity index (χ1n) is 8.67. The van der Waals surface area contributed by atoms with Crippen molar-refractivity contribution in [3.05, 3.63) is 24.0 Å². The summed E-state index contributed by atoms with van der Waals surface area (Å²) in [5.41, 5.74) is 0.199. The van der Waals surface area contributed by atoms with Crippen LogP contribution in [0.25, 0.3) is 0 Å². The summed E-state index contributed by atoms with van der Waals surface area (Å²) in [5.74, 6) is 2.89. The molecule has 0 N–H and O–H groups in total. The highest BCUT2D eigenvalue weighted by molar-refractivity contribution is 7.09. The third-order valence-corrected chi connectivity index (χ3v) is 5.80. The van der Waals surface area contributed by atoms with E-state index in [1.54, 1.807) is 7.11 Å². The van der Waals surface area contributed by atoms with Crippen molar-refractivity contribution in [2.24, 2.45) is 11.3 Å². The largest absolute Gasteiger partial charge is 0.384 e. The van der Waals surface area contributed by atoms with Gasteiger partial charge in [0.25, 0.3) is 0 Å². The summed E-state index contributed by atoms with van der Waals surface area (Å²) in [7, 11) is 1.71. The van der Waals surface area contributed by atoms with Crippen LogP contribution in [0.15, 0.2) is 12.4 Å². The predicted octanol–water partition coefficient (Wildman–Crippen LogP) is 2.92. The maximum absolute atomic E-state index is 5.13. The van der Waals surface area contributed by atoms with Gasteiger partial charge in [0.1, 0.15) is 11.6 Å². The van der Waals surface area contributed by atoms with Crippen molar-refractivity contribution in [1.29, 1.82) is 0 Å². The Hall–Kier alpha value is -1.47. The molecule has 4 rings (SSSR count). The summed E-state index contributed by atoms with van der Waals surface area (Å²) in [6, 6.07) is 0.273. The Morgan fingerprint density at radius 3 is 2.92 bits per heavy atom. The zero-order chi connectivity index (χ0) is 16.7. The lowest BCUT2D eigenvalue weighted by atomic mass is 9.74. The number of imidazole rings is 1. The van der Waals surface area contributed by atoms with Crippen LogP contribution in [0.5, 0.6) is 0 Å². The molecule has 0 spiro atoms. The van der Waals surface area contributed by atoms with Crippen LogP contribution in [0.1, 0.15) is 44.4 Å². The standard InChI is InChI=1S/C17H25N5OS/c1-17(2)11-22(16-19-13(20-24-16)6-9-23-3)14(17)15-18-7-8-21(15)10-12-4-5-12/h7-8,12,14H,4-6,9-11H2,1-3H3. The molecule has 3 heterocycles. The molecule has 130 valence electrons. The number of rotatable bonds is 7. The van der Waals surface area contributed by atoms with Gasteiger partial charge in [-0.2, -0.15) is 4.37 Å². The van der Waals surface area contributed by atoms with E-state index in [1.807, 2.05) is 6.20 Å². The SMILES string of the molecule is COCCc1nsc(N2CC(C)(C)C2c2nccn2CC2CC2)n1. The van der Waals surface area contributed by atoms with Gasteiger partial charge in [-0.25, -0.2) is 9.97 Å². The van der Waals surface area contributed by atoms with Crippen LogP contribution in [0.2, 0.25) is 0 Å². The van der Waals surface area contributed by atoms with Crippen LogP contribution in [-0.2, 0) is 17.7 Å². The molecule has 6 nitrogen and oxygen atoms in total. The summed E-state index contributed by atoms with van der Waals surface area (Å²) >= 11 is 1.49. The molecular formula is C17H25N5OS. The maximum atomic E-state index is 5.13. The lowest BCUT2D eigenvalue weighted by molar-refractivity contribution is 0.167. The monoisotopic (exact) mass is 347 g/mol. The summed E-state index contributed by atoms with van der Waals surface area (Å²) in [6.07, 6.45) is 7.55. The van der Waals surface area contributed by atoms with Gasteiger partial charge in [0, 0.05) is 56.0 Å². The van der Waals surface area contributed by atoms with Crippen LogP contribution in [-0.4, -0.2) is 39.2 Å². The Balaban J connectivity index is 1.56. The molecule has 2 aromatic rings. The molecule has 0 amide bonds. The number of hydrogen-bond acceptors (Lipinski definition) is 6. The Bertz CT molecular complexity index is 705. The van der Waals surface area contributed by atoms with Gasteiger partial charge < -0.3 is 14.2 Å². The molecule has 7 heteroatoms. The van der Waals surface area contributed by atoms with Crippen molar-refractivity contribution in [2.75, 3.05) is 25.2 Å². The van der Waals surface area contributed by atoms with E-state index in [-0.39, 0.29) is 11.5 Å². The summed E-state index contributed by atoms with van der Waals surface area (Å²) < 4.78 is 12.0. The molecule has 0 aromatic carbocycles. The van der Waals surface area contributed by atoms with E-state index in [9.17, 15) is 0 Å². The minimum Gasteiger partial charge on any atom is -0.384 e. The average molecular weight is 347 g/mol. The van der Waals surface area contributed by atoms with Crippen LogP contribution in [0.4, 0.5) is 5.13 Å². The lowest BCUT2D eigenvalue weighted by Gasteiger charge is -2.53. The van der Waals surface area contributed by atoms with Gasteiger partial charge in [-0.15, -0.1) is 0 Å². The highest BCUT2D eigenvalue weighted by Crippen LogP contribution is 2.50. The molecule has 1 aliphatic carbocycles. The van der Waals surface area contributed by atoms with Gasteiger partial charge in [0.2, 0.25) is 5.13 Å². The normalized spacial score (nSPS) is 22.6. The predicted molar refractivity (Wildman–Crippen MR) is 94.3 cm³/mol. The lowest BCUT2D eigenvalue weighted by Crippen LogP contribution is -2.56. The molecule has 2 aromatic heterocycles. The summed E-state index contributed by atoms with van der Waals surface area (Å²) in [6.45, 7) is 7.39. The average Bonchev–Trinajstić information content (AvgIpc) is 3.05. The first-order valence-corrected chi connectivity index (χ1v) is 9.45. The van der Waals surface area contributed by atoms with Crippen LogP contribution in [0.3, 0.4) is 0 Å². The van der Waals surface area contributed by atoms with Crippen molar-refractivity contribution >= 4 is 16.7 Å². The van der Waals surface area contributed by atoms with Crippen molar-refractivity contribution in [3.8, 4) is 0 Å². The molecule has 1 saturated carbocycles. The Morgan fingerprint density at radius 1 is 1.38 bits per heavy atom. The Morgan fingerprint density at radius 2 is 2.21 bits per heavy atom. The second kappa shape index (κ2) is 6.11. The molecule has 1 atom stereocenters. The maximum Gasteiger partial charge on any atom is 0.205 e. The van der Waals surface area contributed by atoms with Gasteiger partial charge in [0.05, 0.1) is 12.6 Å². The molecule has 1 saturated heterocycles. The van der Waals surface area contributed by atoms with E-state index < -0.39 is 0 Å². The fourth-order valence-corrected chi connectivity index (χ4v) is 4.29. The Kier molecular flexibility index (Phi) is 4.08. The molecule has 1 aliphatic heterocycles. The van der Waals surface area contributed by atoms with E-state index in [2.05, 4.69) is 33.9 Å². The van der Waals surface area contributed by atoms with E-state index in [0.29, 0.717) is 6.61 Å². The highest BCUT2D eigenvalue weighted by Gasteiger charge is 2.50. The van der Waals surface area contributed by atoms with Crippen LogP contribution in [0, 0.1) is 11.3 Å². The summed E-state index contributed by atoms with van der Waals surface area (Å²) in [5, 5.41) is 1.01. The van der Waals surface area contributed by atoms with Crippen molar-refractivity contribution in [3.63, 3.8) is 0 Å². The molecule has 24 heavy (non-hydrogen) atoms. The molecule has 1 unspecified atom stereocenters. The van der Waals surface area contributed by atoms with Crippen molar-refractivity contribution in [2.45, 2.75) is 45.7 Å². The number of anilines is 1. The fraction of sp³-hybridized carbons (Fsp3) is 0.706. The molecule has 2 aliphatic rings. The second-order valence-corrected chi connectivity index (χ2v) is 8.37. The molecule has 0 radical (unpaired) electrons. The van der Waals surface area contributed by atoms with Gasteiger partial charge >= 0.3 is 0 Å². The van der Waals surface area contributed by atoms with Gasteiger partial charge in [-0.05, 0) is 18.8 Å². The quantitative estimate of drug-likeness (QED) is 0.771. The molecular weight excluding hydrogens is 322 g/mol. The molecule has 2 fully saturated rings. The third kappa shape index (κ3) is 2.95. The van der Waals surface area contributed by atoms with Gasteiger partial charge in [0.15, 0.2) is 0 Å². The van der Waals surface area contributed by atoms with Crippen LogP contribution >= 0.6 is 11.5 Å². The number of ether oxygens (including phenoxy) is 1. The zero-order valence-electron chi connectivity index (χ0n) is 14.6. The second-order valence-electron chi connectivity index (χ2n) is 7.64. The Labute approximate surface area is 147 Å². The highest BCUT2D eigenvalue weighted by atomic mass is 32.1. The first-order chi connectivity index (χ1) is 11.6. The minimum atomic E-state index is 0.199. The zero-order valence-corrected chi connectivity index (χ0v) is 15.4. The third-order valence-electron chi connectivity index (χ3n) is 5.01. The first kappa shape index (κ1) is 16.0. The molecule has 0 bridgehead atoms. The smallest absolute Gasteiger partial charge is 0.205 e. The van der Waals surface area contributed by atoms with Gasteiger partial charge in [-0.1, -0.05) is 13.8 Å². The summed E-state index contributed by atoms with van der Waals surface area (Å²) in [4.78, 5) is 11.8. The van der Waals surface area contributed by atoms with Gasteiger partial charge in [-0.3, -0.25) is 0 Å². The van der Waals surface area contributed by atoms with Crippen molar-refractivity contribution in [1.82, 2.24) is 18.9 Å². The van der Waals surface area contributed by atoms with Crippen molar-refractivity contribution < 1.29 is 4.74 Å². The van der Waals surface area contributed by atoms with Crippen LogP contribution < -0.4 is 4.90 Å². The minimum absolute atomic E-state index is 0.199. The van der Waals surface area contributed by atoms with E-state index in [4.69, 9.17) is 14.7 Å².